The summed E-state index contributed by atoms with van der Waals surface area (Å²) in [6.45, 7) is 2.61. The zero-order chi connectivity index (χ0) is 14.8. The van der Waals surface area contributed by atoms with E-state index in [1.807, 2.05) is 18.0 Å². The van der Waals surface area contributed by atoms with Gasteiger partial charge in [0.1, 0.15) is 13.2 Å². The van der Waals surface area contributed by atoms with E-state index in [2.05, 4.69) is 21.2 Å². The molecule has 2 aliphatic rings. The second-order valence-electron chi connectivity index (χ2n) is 5.36. The van der Waals surface area contributed by atoms with E-state index < -0.39 is 0 Å². The van der Waals surface area contributed by atoms with Crippen molar-refractivity contribution in [1.29, 1.82) is 0 Å². The molecule has 7 heteroatoms. The van der Waals surface area contributed by atoms with Gasteiger partial charge in [-0.2, -0.15) is 0 Å². The molecule has 1 atom stereocenters. The summed E-state index contributed by atoms with van der Waals surface area (Å²) in [5.74, 6) is 1.37. The highest BCUT2D eigenvalue weighted by Crippen LogP contribution is 2.38. The number of ether oxygens (including phenoxy) is 2. The van der Waals surface area contributed by atoms with Crippen molar-refractivity contribution in [2.24, 2.45) is 0 Å². The number of amides is 1. The number of carbonyl (C=O) groups excluding carboxylic acids is 1. The minimum absolute atomic E-state index is 0. The fourth-order valence-corrected chi connectivity index (χ4v) is 3.37. The van der Waals surface area contributed by atoms with E-state index in [0.717, 1.165) is 30.4 Å². The van der Waals surface area contributed by atoms with E-state index in [0.29, 0.717) is 36.3 Å². The Labute approximate surface area is 144 Å². The van der Waals surface area contributed by atoms with Gasteiger partial charge < -0.3 is 19.7 Å². The molecule has 1 saturated heterocycles. The van der Waals surface area contributed by atoms with Gasteiger partial charge in [0.05, 0.1) is 4.47 Å². The summed E-state index contributed by atoms with van der Waals surface area (Å²) in [5.41, 5.74) is 0.642. The minimum atomic E-state index is 0. The highest BCUT2D eigenvalue weighted by Gasteiger charge is 2.26. The third-order valence-electron chi connectivity index (χ3n) is 3.96. The summed E-state index contributed by atoms with van der Waals surface area (Å²) in [6, 6.07) is 3.98. The van der Waals surface area contributed by atoms with Crippen molar-refractivity contribution in [1.82, 2.24) is 10.2 Å². The molecule has 1 unspecified atom stereocenters. The van der Waals surface area contributed by atoms with Crippen molar-refractivity contribution in [3.63, 3.8) is 0 Å². The van der Waals surface area contributed by atoms with Gasteiger partial charge in [0.2, 0.25) is 0 Å². The van der Waals surface area contributed by atoms with Gasteiger partial charge in [-0.05, 0) is 48.0 Å². The number of nitrogens with zero attached hydrogens (tertiary/aromatic N) is 1. The van der Waals surface area contributed by atoms with Gasteiger partial charge in [0.25, 0.3) is 5.91 Å². The first-order chi connectivity index (χ1) is 10.2. The van der Waals surface area contributed by atoms with Gasteiger partial charge in [-0.1, -0.05) is 0 Å². The van der Waals surface area contributed by atoms with Crippen LogP contribution in [0.1, 0.15) is 23.2 Å². The molecule has 1 N–H and O–H groups in total. The van der Waals surface area contributed by atoms with Gasteiger partial charge in [0.15, 0.2) is 11.5 Å². The van der Waals surface area contributed by atoms with Crippen molar-refractivity contribution < 1.29 is 14.3 Å². The Morgan fingerprint density at radius 3 is 2.91 bits per heavy atom. The molecule has 1 fully saturated rings. The van der Waals surface area contributed by atoms with E-state index >= 15 is 0 Å². The molecule has 2 aliphatic heterocycles. The van der Waals surface area contributed by atoms with Gasteiger partial charge in [-0.3, -0.25) is 4.79 Å². The van der Waals surface area contributed by atoms with Crippen LogP contribution in [-0.4, -0.2) is 50.2 Å². The lowest BCUT2D eigenvalue weighted by atomic mass is 10.0. The largest absolute Gasteiger partial charge is 0.486 e. The second kappa shape index (κ2) is 7.53. The molecule has 0 saturated carbocycles. The lowest BCUT2D eigenvalue weighted by Crippen LogP contribution is -2.47. The van der Waals surface area contributed by atoms with E-state index in [9.17, 15) is 4.79 Å². The van der Waals surface area contributed by atoms with E-state index in [1.165, 1.54) is 0 Å². The third-order valence-corrected chi connectivity index (χ3v) is 4.55. The molecule has 0 spiro atoms. The maximum atomic E-state index is 12.7. The van der Waals surface area contributed by atoms with Crippen molar-refractivity contribution in [2.75, 3.05) is 33.4 Å². The smallest absolute Gasteiger partial charge is 0.254 e. The summed E-state index contributed by atoms with van der Waals surface area (Å²) in [5, 5.41) is 3.25. The van der Waals surface area contributed by atoms with Gasteiger partial charge in [-0.25, -0.2) is 0 Å². The van der Waals surface area contributed by atoms with E-state index in [4.69, 9.17) is 9.47 Å². The van der Waals surface area contributed by atoms with Crippen LogP contribution in [0.5, 0.6) is 11.5 Å². The summed E-state index contributed by atoms with van der Waals surface area (Å²) >= 11 is 3.46. The summed E-state index contributed by atoms with van der Waals surface area (Å²) in [4.78, 5) is 14.6. The fraction of sp³-hybridized carbons (Fsp3) is 0.533. The van der Waals surface area contributed by atoms with Crippen LogP contribution in [0.4, 0.5) is 0 Å². The number of fused-ring (bicyclic) bond motifs is 1. The van der Waals surface area contributed by atoms with E-state index in [-0.39, 0.29) is 18.3 Å². The number of rotatable bonds is 2. The summed E-state index contributed by atoms with van der Waals surface area (Å²) in [7, 11) is 1.94. The average Bonchev–Trinajstić information content (AvgIpc) is 2.54. The Bertz CT molecular complexity index is 556. The molecule has 1 amide bonds. The standard InChI is InChI=1S/C15H19BrN2O3.ClH/c1-17-11-3-2-4-18(9-11)15(19)10-7-12(16)14-13(8-10)20-5-6-21-14;/h7-8,11,17H,2-6,9H2,1H3;1H. The van der Waals surface area contributed by atoms with Gasteiger partial charge >= 0.3 is 0 Å². The fourth-order valence-electron chi connectivity index (χ4n) is 2.81. The maximum absolute atomic E-state index is 12.7. The Morgan fingerprint density at radius 1 is 1.36 bits per heavy atom. The molecular weight excluding hydrogens is 372 g/mol. The SMILES string of the molecule is CNC1CCCN(C(=O)c2cc(Br)c3c(c2)OCCO3)C1.Cl. The van der Waals surface area contributed by atoms with Crippen LogP contribution in [0.25, 0.3) is 0 Å². The quantitative estimate of drug-likeness (QED) is 0.841. The van der Waals surface area contributed by atoms with Crippen molar-refractivity contribution in [3.8, 4) is 11.5 Å². The molecule has 3 rings (SSSR count). The highest BCUT2D eigenvalue weighted by molar-refractivity contribution is 9.10. The molecule has 1 aromatic carbocycles. The molecule has 0 radical (unpaired) electrons. The topological polar surface area (TPSA) is 50.8 Å². The normalized spacial score (nSPS) is 20.3. The molecule has 0 aliphatic carbocycles. The molecule has 2 heterocycles. The van der Waals surface area contributed by atoms with Crippen molar-refractivity contribution in [3.05, 3.63) is 22.2 Å². The number of hydrogen-bond acceptors (Lipinski definition) is 4. The summed E-state index contributed by atoms with van der Waals surface area (Å²) in [6.07, 6.45) is 2.15. The van der Waals surface area contributed by atoms with Gasteiger partial charge in [0, 0.05) is 24.7 Å². The Hall–Kier alpha value is -0.980. The monoisotopic (exact) mass is 390 g/mol. The van der Waals surface area contributed by atoms with Crippen molar-refractivity contribution in [2.45, 2.75) is 18.9 Å². The number of hydrogen-bond donors (Lipinski definition) is 1. The predicted molar refractivity (Wildman–Crippen MR) is 90.4 cm³/mol. The van der Waals surface area contributed by atoms with Crippen LogP contribution in [-0.2, 0) is 0 Å². The second-order valence-corrected chi connectivity index (χ2v) is 6.22. The number of halogens is 2. The molecule has 22 heavy (non-hydrogen) atoms. The Kier molecular flexibility index (Phi) is 5.94. The lowest BCUT2D eigenvalue weighted by molar-refractivity contribution is 0.0697. The maximum Gasteiger partial charge on any atom is 0.254 e. The highest BCUT2D eigenvalue weighted by atomic mass is 79.9. The van der Waals surface area contributed by atoms with E-state index in [1.54, 1.807) is 6.07 Å². The number of nitrogens with one attached hydrogen (secondary N) is 1. The zero-order valence-electron chi connectivity index (χ0n) is 12.4. The molecular formula is C15H20BrClN2O3. The number of likely N-dealkylation sites (N-methyl/N-ethyl adjacent to an activating group) is 1. The van der Waals surface area contributed by atoms with Crippen LogP contribution in [0.15, 0.2) is 16.6 Å². The van der Waals surface area contributed by atoms with Crippen LogP contribution in [0.3, 0.4) is 0 Å². The minimum Gasteiger partial charge on any atom is -0.486 e. The number of piperidine rings is 1. The predicted octanol–water partition coefficient (Wildman–Crippen LogP) is 2.47. The first-order valence-corrected chi connectivity index (χ1v) is 8.04. The number of likely N-dealkylation sites (tertiary alicyclic amines) is 1. The lowest BCUT2D eigenvalue weighted by Gasteiger charge is -2.33. The number of benzene rings is 1. The molecule has 0 bridgehead atoms. The molecule has 0 aromatic heterocycles. The van der Waals surface area contributed by atoms with Crippen LogP contribution < -0.4 is 14.8 Å². The third kappa shape index (κ3) is 3.50. The Balaban J connectivity index is 0.00000176. The van der Waals surface area contributed by atoms with Crippen molar-refractivity contribution >= 4 is 34.2 Å². The van der Waals surface area contributed by atoms with Crippen LogP contribution in [0.2, 0.25) is 0 Å². The van der Waals surface area contributed by atoms with Crippen LogP contribution >= 0.6 is 28.3 Å². The molecule has 5 nitrogen and oxygen atoms in total. The van der Waals surface area contributed by atoms with Crippen LogP contribution in [0, 0.1) is 0 Å². The molecule has 122 valence electrons. The zero-order valence-corrected chi connectivity index (χ0v) is 14.8. The molecule has 1 aromatic rings. The van der Waals surface area contributed by atoms with Gasteiger partial charge in [-0.15, -0.1) is 12.4 Å². The average molecular weight is 392 g/mol. The summed E-state index contributed by atoms with van der Waals surface area (Å²) < 4.78 is 11.9. The first kappa shape index (κ1) is 17.4. The first-order valence-electron chi connectivity index (χ1n) is 7.24. The Morgan fingerprint density at radius 2 is 2.14 bits per heavy atom. The number of carbonyl (C=O) groups is 1.